The molecule has 8 nitrogen and oxygen atoms in total. The van der Waals surface area contributed by atoms with Gasteiger partial charge in [0.05, 0.1) is 25.4 Å². The van der Waals surface area contributed by atoms with E-state index < -0.39 is 6.04 Å². The Kier molecular flexibility index (Phi) is 9.21. The van der Waals surface area contributed by atoms with Crippen LogP contribution in [-0.4, -0.2) is 76.3 Å². The molecule has 0 unspecified atom stereocenters. The van der Waals surface area contributed by atoms with Gasteiger partial charge in [-0.3, -0.25) is 4.79 Å². The van der Waals surface area contributed by atoms with Crippen LogP contribution < -0.4 is 5.32 Å². The fourth-order valence-corrected chi connectivity index (χ4v) is 5.35. The number of nitrogens with one attached hydrogen (secondary N) is 1. The van der Waals surface area contributed by atoms with Crippen LogP contribution in [0.1, 0.15) is 50.7 Å². The molecule has 0 saturated carbocycles. The van der Waals surface area contributed by atoms with Crippen LogP contribution in [0.2, 0.25) is 0 Å². The van der Waals surface area contributed by atoms with Gasteiger partial charge in [0.15, 0.2) is 0 Å². The summed E-state index contributed by atoms with van der Waals surface area (Å²) in [5, 5.41) is 14.2. The van der Waals surface area contributed by atoms with Crippen molar-refractivity contribution in [2.24, 2.45) is 18.9 Å². The van der Waals surface area contributed by atoms with Gasteiger partial charge < -0.3 is 29.5 Å². The van der Waals surface area contributed by atoms with E-state index in [9.17, 15) is 14.7 Å². The maximum atomic E-state index is 14.4. The Bertz CT molecular complexity index is 1350. The van der Waals surface area contributed by atoms with Crippen LogP contribution in [0.25, 0.3) is 22.0 Å². The summed E-state index contributed by atoms with van der Waals surface area (Å²) in [6.45, 7) is 11.0. The number of likely N-dealkylation sites (N-methyl/N-ethyl adjacent to an activating group) is 1. The summed E-state index contributed by atoms with van der Waals surface area (Å²) in [5.74, 6) is 0.0761. The molecule has 40 heavy (non-hydrogen) atoms. The van der Waals surface area contributed by atoms with E-state index in [4.69, 9.17) is 4.74 Å². The third-order valence-corrected chi connectivity index (χ3v) is 8.38. The molecule has 1 aliphatic heterocycles. The Morgan fingerprint density at radius 2 is 1.80 bits per heavy atom. The zero-order valence-corrected chi connectivity index (χ0v) is 24.8. The van der Waals surface area contributed by atoms with E-state index in [0.29, 0.717) is 31.3 Å². The summed E-state index contributed by atoms with van der Waals surface area (Å²) in [6, 6.07) is 15.6. The van der Waals surface area contributed by atoms with Crippen LogP contribution in [0, 0.1) is 11.8 Å². The second-order valence-electron chi connectivity index (χ2n) is 11.6. The largest absolute Gasteiger partial charge is 0.394 e. The van der Waals surface area contributed by atoms with Crippen molar-refractivity contribution in [1.82, 2.24) is 19.7 Å². The molecule has 0 radical (unpaired) electrons. The first-order valence-electron chi connectivity index (χ1n) is 14.3. The number of aliphatic hydroxyl groups excluding tert-OH is 1. The van der Waals surface area contributed by atoms with Gasteiger partial charge in [0.2, 0.25) is 0 Å². The van der Waals surface area contributed by atoms with E-state index >= 15 is 0 Å². The topological polar surface area (TPSA) is 87.0 Å². The third kappa shape index (κ3) is 5.88. The highest BCUT2D eigenvalue weighted by Crippen LogP contribution is 2.38. The van der Waals surface area contributed by atoms with Gasteiger partial charge in [0.25, 0.3) is 5.91 Å². The predicted molar refractivity (Wildman–Crippen MR) is 159 cm³/mol. The number of aromatic nitrogens is 1. The normalized spacial score (nSPS) is 19.5. The number of amides is 3. The Morgan fingerprint density at radius 1 is 1.12 bits per heavy atom. The molecule has 4 rings (SSSR count). The van der Waals surface area contributed by atoms with Crippen molar-refractivity contribution in [2.75, 3.05) is 26.7 Å². The Balaban J connectivity index is 1.79. The van der Waals surface area contributed by atoms with Crippen LogP contribution in [0.5, 0.6) is 0 Å². The first-order valence-corrected chi connectivity index (χ1v) is 14.3. The minimum atomic E-state index is -0.398. The molecule has 2 aromatic carbocycles. The highest BCUT2D eigenvalue weighted by molar-refractivity contribution is 6.10. The van der Waals surface area contributed by atoms with Gasteiger partial charge in [-0.1, -0.05) is 63.2 Å². The number of hydrogen-bond donors (Lipinski definition) is 2. The maximum Gasteiger partial charge on any atom is 0.317 e. The van der Waals surface area contributed by atoms with Crippen molar-refractivity contribution in [3.63, 3.8) is 0 Å². The predicted octanol–water partition coefficient (Wildman–Crippen LogP) is 4.89. The zero-order chi connectivity index (χ0) is 29.1. The van der Waals surface area contributed by atoms with Gasteiger partial charge in [0, 0.05) is 55.6 Å². The Hall–Kier alpha value is -3.36. The molecule has 0 spiro atoms. The summed E-state index contributed by atoms with van der Waals surface area (Å²) in [4.78, 5) is 30.8. The number of aliphatic hydroxyl groups is 1. The quantitative estimate of drug-likeness (QED) is 0.459. The molecule has 1 aromatic heterocycles. The van der Waals surface area contributed by atoms with Gasteiger partial charge in [-0.15, -0.1) is 0 Å². The van der Waals surface area contributed by atoms with Crippen LogP contribution in [-0.2, 0) is 18.4 Å². The first-order chi connectivity index (χ1) is 19.0. The average Bonchev–Trinajstić information content (AvgIpc) is 3.23. The van der Waals surface area contributed by atoms with Crippen molar-refractivity contribution >= 4 is 22.8 Å². The molecule has 216 valence electrons. The molecule has 8 heteroatoms. The number of aryl methyl sites for hydroxylation is 1. The van der Waals surface area contributed by atoms with Gasteiger partial charge >= 0.3 is 6.03 Å². The minimum absolute atomic E-state index is 0.0413. The molecular weight excluding hydrogens is 504 g/mol. The lowest BCUT2D eigenvalue weighted by molar-refractivity contribution is -0.0186. The highest BCUT2D eigenvalue weighted by Gasteiger charge is 2.34. The smallest absolute Gasteiger partial charge is 0.317 e. The van der Waals surface area contributed by atoms with Crippen molar-refractivity contribution in [2.45, 2.75) is 59.4 Å². The van der Waals surface area contributed by atoms with E-state index in [1.54, 1.807) is 16.8 Å². The lowest BCUT2D eigenvalue weighted by Gasteiger charge is -2.35. The summed E-state index contributed by atoms with van der Waals surface area (Å²) >= 11 is 0. The van der Waals surface area contributed by atoms with Crippen molar-refractivity contribution < 1.29 is 19.4 Å². The maximum absolute atomic E-state index is 14.4. The van der Waals surface area contributed by atoms with Gasteiger partial charge in [0.1, 0.15) is 5.69 Å². The molecule has 1 aliphatic rings. The van der Waals surface area contributed by atoms with E-state index in [1.807, 2.05) is 74.9 Å². The van der Waals surface area contributed by atoms with Gasteiger partial charge in [-0.2, -0.15) is 0 Å². The molecule has 0 saturated heterocycles. The number of benzene rings is 2. The van der Waals surface area contributed by atoms with Gasteiger partial charge in [-0.05, 0) is 37.0 Å². The molecular formula is C32H44N4O4. The molecule has 4 atom stereocenters. The minimum Gasteiger partial charge on any atom is -0.394 e. The summed E-state index contributed by atoms with van der Waals surface area (Å²) in [5.41, 5.74) is 4.37. The highest BCUT2D eigenvalue weighted by atomic mass is 16.5. The summed E-state index contributed by atoms with van der Waals surface area (Å²) in [6.07, 6.45) is -0.336. The molecule has 3 aromatic rings. The zero-order valence-electron chi connectivity index (χ0n) is 24.8. The number of ether oxygens (including phenoxy) is 1. The molecule has 3 amide bonds. The van der Waals surface area contributed by atoms with Crippen molar-refractivity contribution in [1.29, 1.82) is 0 Å². The number of fused-ring (bicyclic) bond motifs is 5. The fraction of sp³-hybridized carbons (Fsp3) is 0.500. The molecule has 0 aliphatic carbocycles. The molecule has 2 N–H and O–H groups in total. The molecule has 0 fully saturated rings. The van der Waals surface area contributed by atoms with E-state index in [-0.39, 0.29) is 36.6 Å². The van der Waals surface area contributed by atoms with Crippen LogP contribution in [0.3, 0.4) is 0 Å². The van der Waals surface area contributed by atoms with Gasteiger partial charge in [-0.25, -0.2) is 4.79 Å². The third-order valence-electron chi connectivity index (χ3n) is 8.38. The van der Waals surface area contributed by atoms with Crippen LogP contribution in [0.4, 0.5) is 4.79 Å². The van der Waals surface area contributed by atoms with Crippen LogP contribution in [0.15, 0.2) is 48.5 Å². The second-order valence-corrected chi connectivity index (χ2v) is 11.6. The fourth-order valence-electron chi connectivity index (χ4n) is 5.35. The van der Waals surface area contributed by atoms with Crippen molar-refractivity contribution in [3.8, 4) is 11.1 Å². The SMILES string of the molecule is CC(C)[C@@H](C)NC(=O)N(C)C[C@@H]1OCc2ccccc2-c2c(n(C)c3ccccc23)C(=O)N([C@H](C)CO)C[C@@H]1C. The van der Waals surface area contributed by atoms with E-state index in [2.05, 4.69) is 25.2 Å². The number of nitrogens with zero attached hydrogens (tertiary/aromatic N) is 3. The van der Waals surface area contributed by atoms with E-state index in [1.165, 1.54) is 0 Å². The van der Waals surface area contributed by atoms with Crippen LogP contribution >= 0.6 is 0 Å². The number of carbonyl (C=O) groups is 2. The number of hydrogen-bond acceptors (Lipinski definition) is 4. The average molecular weight is 549 g/mol. The summed E-state index contributed by atoms with van der Waals surface area (Å²) in [7, 11) is 3.70. The Morgan fingerprint density at radius 3 is 2.50 bits per heavy atom. The monoisotopic (exact) mass is 548 g/mol. The Labute approximate surface area is 237 Å². The number of para-hydroxylation sites is 1. The standard InChI is InChI=1S/C32H44N4O4/c1-20(2)23(5)33-32(39)34(6)17-28-21(3)16-36(22(4)18-37)31(38)30-29(25-13-9-8-12-24(25)19-40-28)26-14-10-11-15-27(26)35(30)7/h8-15,20-23,28,37H,16-19H2,1-7H3,(H,33,39)/t21-,22+,23+,28-/m0/s1. The molecule has 2 heterocycles. The molecule has 0 bridgehead atoms. The second kappa shape index (κ2) is 12.4. The number of rotatable bonds is 6. The first kappa shape index (κ1) is 29.6. The van der Waals surface area contributed by atoms with E-state index in [0.717, 1.165) is 27.6 Å². The summed E-state index contributed by atoms with van der Waals surface area (Å²) < 4.78 is 8.56. The van der Waals surface area contributed by atoms with Crippen molar-refractivity contribution in [3.05, 3.63) is 59.8 Å². The number of carbonyl (C=O) groups excluding carboxylic acids is 2. The number of urea groups is 1. The lowest BCUT2D eigenvalue weighted by Crippen LogP contribution is -2.50. The lowest BCUT2D eigenvalue weighted by atomic mass is 9.96.